The average Bonchev–Trinajstić information content (AvgIpc) is 2.83. The smallest absolute Gasteiger partial charge is 0.0495 e. The largest absolute Gasteiger partial charge is 0.344 e. The first-order chi connectivity index (χ1) is 11.4. The van der Waals surface area contributed by atoms with Crippen LogP contribution in [-0.4, -0.2) is 4.57 Å². The number of aromatic nitrogens is 1. The van der Waals surface area contributed by atoms with Crippen molar-refractivity contribution >= 4 is 32.6 Å². The van der Waals surface area contributed by atoms with Crippen molar-refractivity contribution in [3.05, 3.63) is 59.7 Å². The maximum atomic E-state index is 2.35. The molecule has 1 nitrogen and oxygen atoms in total. The highest BCUT2D eigenvalue weighted by Crippen LogP contribution is 2.34. The van der Waals surface area contributed by atoms with Crippen molar-refractivity contribution in [2.45, 2.75) is 39.5 Å². The van der Waals surface area contributed by atoms with Crippen LogP contribution in [0.5, 0.6) is 0 Å². The van der Waals surface area contributed by atoms with Gasteiger partial charge in [-0.2, -0.15) is 0 Å². The Hall–Kier alpha value is -2.28. The van der Waals surface area contributed by atoms with Crippen molar-refractivity contribution in [2.24, 2.45) is 7.05 Å². The van der Waals surface area contributed by atoms with E-state index in [2.05, 4.69) is 87.8 Å². The van der Waals surface area contributed by atoms with Crippen LogP contribution in [0, 0.1) is 0 Å². The molecule has 0 aliphatic rings. The van der Waals surface area contributed by atoms with Gasteiger partial charge in [-0.05, 0) is 51.9 Å². The first kappa shape index (κ1) is 15.3. The van der Waals surface area contributed by atoms with E-state index in [1.807, 2.05) is 0 Å². The minimum atomic E-state index is 0.179. The van der Waals surface area contributed by atoms with E-state index in [1.165, 1.54) is 43.7 Å². The van der Waals surface area contributed by atoms with Gasteiger partial charge < -0.3 is 4.57 Å². The molecule has 0 amide bonds. The molecule has 122 valence electrons. The summed E-state index contributed by atoms with van der Waals surface area (Å²) in [5.74, 6) is 0. The Morgan fingerprint density at radius 2 is 1.54 bits per heavy atom. The van der Waals surface area contributed by atoms with Crippen LogP contribution >= 0.6 is 0 Å². The van der Waals surface area contributed by atoms with E-state index < -0.39 is 0 Å². The Kier molecular flexibility index (Phi) is 3.25. The Bertz CT molecular complexity index is 1070. The molecule has 4 aromatic rings. The average molecular weight is 315 g/mol. The fraction of sp³-hybridized carbons (Fsp3) is 0.304. The Morgan fingerprint density at radius 1 is 0.792 bits per heavy atom. The molecule has 1 heterocycles. The second kappa shape index (κ2) is 5.11. The highest BCUT2D eigenvalue weighted by atomic mass is 14.9. The van der Waals surface area contributed by atoms with Gasteiger partial charge in [0.15, 0.2) is 0 Å². The maximum absolute atomic E-state index is 2.35. The van der Waals surface area contributed by atoms with Crippen molar-refractivity contribution in [3.8, 4) is 0 Å². The fourth-order valence-corrected chi connectivity index (χ4v) is 3.68. The van der Waals surface area contributed by atoms with Crippen LogP contribution in [0.1, 0.15) is 38.8 Å². The summed E-state index contributed by atoms with van der Waals surface area (Å²) < 4.78 is 2.34. The number of fused-ring (bicyclic) bond motifs is 4. The van der Waals surface area contributed by atoms with Crippen molar-refractivity contribution < 1.29 is 0 Å². The van der Waals surface area contributed by atoms with Crippen LogP contribution in [0.2, 0.25) is 0 Å². The van der Waals surface area contributed by atoms with Gasteiger partial charge in [0, 0.05) is 28.9 Å². The van der Waals surface area contributed by atoms with Crippen LogP contribution in [0.25, 0.3) is 32.6 Å². The van der Waals surface area contributed by atoms with Crippen molar-refractivity contribution in [1.29, 1.82) is 0 Å². The summed E-state index contributed by atoms with van der Waals surface area (Å²) in [6.07, 6.45) is 1.08. The summed E-state index contributed by atoms with van der Waals surface area (Å²) in [4.78, 5) is 0. The zero-order valence-corrected chi connectivity index (χ0v) is 15.3. The first-order valence-corrected chi connectivity index (χ1v) is 8.84. The number of nitrogens with zero attached hydrogens (tertiary/aromatic N) is 1. The third kappa shape index (κ3) is 2.23. The lowest BCUT2D eigenvalue weighted by Crippen LogP contribution is -2.10. The number of benzene rings is 3. The molecule has 0 radical (unpaired) electrons. The number of hydrogen-bond acceptors (Lipinski definition) is 0. The molecule has 0 atom stereocenters. The molecule has 3 aromatic carbocycles. The highest BCUT2D eigenvalue weighted by molar-refractivity contribution is 6.12. The normalized spacial score (nSPS) is 12.5. The molecule has 24 heavy (non-hydrogen) atoms. The zero-order chi connectivity index (χ0) is 17.1. The van der Waals surface area contributed by atoms with Crippen molar-refractivity contribution in [1.82, 2.24) is 4.57 Å². The summed E-state index contributed by atoms with van der Waals surface area (Å²) >= 11 is 0. The van der Waals surface area contributed by atoms with Crippen LogP contribution < -0.4 is 0 Å². The van der Waals surface area contributed by atoms with Gasteiger partial charge >= 0.3 is 0 Å². The lowest BCUT2D eigenvalue weighted by Gasteiger charge is -2.19. The number of aryl methyl sites for hydroxylation is 2. The van der Waals surface area contributed by atoms with Gasteiger partial charge in [-0.3, -0.25) is 0 Å². The van der Waals surface area contributed by atoms with Gasteiger partial charge in [0.25, 0.3) is 0 Å². The Morgan fingerprint density at radius 3 is 2.25 bits per heavy atom. The van der Waals surface area contributed by atoms with E-state index in [0.29, 0.717) is 0 Å². The molecule has 0 bridgehead atoms. The van der Waals surface area contributed by atoms with Gasteiger partial charge in [-0.25, -0.2) is 0 Å². The van der Waals surface area contributed by atoms with Gasteiger partial charge in [-0.15, -0.1) is 0 Å². The molecule has 4 rings (SSSR count). The lowest BCUT2D eigenvalue weighted by molar-refractivity contribution is 0.591. The molecule has 0 saturated carbocycles. The number of hydrogen-bond donors (Lipinski definition) is 0. The Labute approximate surface area is 143 Å². The van der Waals surface area contributed by atoms with Crippen molar-refractivity contribution in [3.63, 3.8) is 0 Å². The summed E-state index contributed by atoms with van der Waals surface area (Å²) in [6, 6.07) is 18.5. The number of rotatable bonds is 1. The van der Waals surface area contributed by atoms with E-state index in [4.69, 9.17) is 0 Å². The van der Waals surface area contributed by atoms with Gasteiger partial charge in [0.05, 0.1) is 0 Å². The summed E-state index contributed by atoms with van der Waals surface area (Å²) in [5, 5.41) is 5.36. The standard InChI is InChI=1S/C23H25N/c1-6-15-7-10-19-20-13-16-8-9-18(23(2,3)4)12-17(16)14-22(20)24(5)21(19)11-15/h7-14H,6H2,1-5H3. The maximum Gasteiger partial charge on any atom is 0.0495 e. The lowest BCUT2D eigenvalue weighted by atomic mass is 9.86. The van der Waals surface area contributed by atoms with Crippen molar-refractivity contribution in [2.75, 3.05) is 0 Å². The van der Waals surface area contributed by atoms with Crippen LogP contribution in [0.15, 0.2) is 48.5 Å². The molecule has 0 fully saturated rings. The predicted octanol–water partition coefficient (Wildman–Crippen LogP) is 6.34. The molecule has 1 aromatic heterocycles. The molecule has 0 aliphatic carbocycles. The SMILES string of the molecule is CCc1ccc2c3cc4ccc(C(C)(C)C)cc4cc3n(C)c2c1. The Balaban J connectivity index is 2.07. The van der Waals surface area contributed by atoms with Crippen LogP contribution in [-0.2, 0) is 18.9 Å². The molecule has 0 N–H and O–H groups in total. The first-order valence-electron chi connectivity index (χ1n) is 8.84. The van der Waals surface area contributed by atoms with Crippen LogP contribution in [0.4, 0.5) is 0 Å². The monoisotopic (exact) mass is 315 g/mol. The third-order valence-corrected chi connectivity index (χ3v) is 5.30. The van der Waals surface area contributed by atoms with Gasteiger partial charge in [0.1, 0.15) is 0 Å². The second-order valence-corrected chi connectivity index (χ2v) is 7.95. The second-order valence-electron chi connectivity index (χ2n) is 7.95. The summed E-state index contributed by atoms with van der Waals surface area (Å²) in [5.41, 5.74) is 5.61. The molecular weight excluding hydrogens is 290 g/mol. The zero-order valence-electron chi connectivity index (χ0n) is 15.3. The molecule has 0 aliphatic heterocycles. The summed E-state index contributed by atoms with van der Waals surface area (Å²) in [6.45, 7) is 9.04. The van der Waals surface area contributed by atoms with Gasteiger partial charge in [0.2, 0.25) is 0 Å². The van der Waals surface area contributed by atoms with Gasteiger partial charge in [-0.1, -0.05) is 58.0 Å². The quantitative estimate of drug-likeness (QED) is 0.386. The summed E-state index contributed by atoms with van der Waals surface area (Å²) in [7, 11) is 2.18. The topological polar surface area (TPSA) is 4.93 Å². The van der Waals surface area contributed by atoms with E-state index in [9.17, 15) is 0 Å². The van der Waals surface area contributed by atoms with Crippen LogP contribution in [0.3, 0.4) is 0 Å². The molecule has 1 heteroatoms. The van der Waals surface area contributed by atoms with E-state index in [1.54, 1.807) is 0 Å². The fourth-order valence-electron chi connectivity index (χ4n) is 3.68. The van der Waals surface area contributed by atoms with E-state index in [0.717, 1.165) is 6.42 Å². The third-order valence-electron chi connectivity index (χ3n) is 5.30. The molecular formula is C23H25N. The molecule has 0 saturated heterocycles. The van der Waals surface area contributed by atoms with E-state index >= 15 is 0 Å². The molecule has 0 unspecified atom stereocenters. The minimum absolute atomic E-state index is 0.179. The molecule has 0 spiro atoms. The predicted molar refractivity (Wildman–Crippen MR) is 106 cm³/mol. The highest BCUT2D eigenvalue weighted by Gasteiger charge is 2.15. The minimum Gasteiger partial charge on any atom is -0.344 e. The van der Waals surface area contributed by atoms with E-state index in [-0.39, 0.29) is 5.41 Å².